The molecule has 1 nitrogen and oxygen atoms in total. The van der Waals surface area contributed by atoms with Gasteiger partial charge in [-0.15, -0.1) is 0 Å². The molecule has 2 aromatic carbocycles. The van der Waals surface area contributed by atoms with Crippen LogP contribution in [0.1, 0.15) is 0 Å². The Balaban J connectivity index is 0.000000171. The molecule has 90 valence electrons. The Morgan fingerprint density at radius 3 is 1.88 bits per heavy atom. The second kappa shape index (κ2) is 7.96. The van der Waals surface area contributed by atoms with Gasteiger partial charge in [0.05, 0.1) is 0 Å². The summed E-state index contributed by atoms with van der Waals surface area (Å²) in [6.07, 6.45) is 0. The first-order valence-electron chi connectivity index (χ1n) is 4.53. The monoisotopic (exact) mass is 580 g/mol. The van der Waals surface area contributed by atoms with Crippen molar-refractivity contribution in [3.63, 3.8) is 0 Å². The van der Waals surface area contributed by atoms with E-state index in [1.165, 1.54) is 3.57 Å². The van der Waals surface area contributed by atoms with E-state index in [0.717, 1.165) is 12.5 Å². The van der Waals surface area contributed by atoms with Crippen molar-refractivity contribution in [1.82, 2.24) is 0 Å². The number of benzene rings is 2. The molecule has 17 heavy (non-hydrogen) atoms. The van der Waals surface area contributed by atoms with Gasteiger partial charge in [0.1, 0.15) is 5.75 Å². The van der Waals surface area contributed by atoms with Crippen LogP contribution in [0.2, 0.25) is 0 Å². The third-order valence-corrected chi connectivity index (χ3v) is 3.88. The van der Waals surface area contributed by atoms with Crippen LogP contribution < -0.4 is 0 Å². The lowest BCUT2D eigenvalue weighted by Gasteiger charge is -1.93. The molecule has 0 atom stereocenters. The van der Waals surface area contributed by atoms with Crippen LogP contribution in [-0.2, 0) is 0 Å². The van der Waals surface area contributed by atoms with Crippen molar-refractivity contribution in [2.45, 2.75) is 0 Å². The van der Waals surface area contributed by atoms with Crippen LogP contribution in [0, 0.1) is 7.14 Å². The average molecular weight is 582 g/mol. The molecule has 1 N–H and O–H groups in total. The number of phenols is 1. The molecule has 0 saturated heterocycles. The van der Waals surface area contributed by atoms with Crippen molar-refractivity contribution in [3.05, 3.63) is 58.6 Å². The minimum atomic E-state index is 0.300. The maximum atomic E-state index is 8.96. The molecule has 5 heteroatoms. The van der Waals surface area contributed by atoms with Gasteiger partial charge < -0.3 is 5.11 Å². The summed E-state index contributed by atoms with van der Waals surface area (Å²) < 4.78 is 4.34. The van der Waals surface area contributed by atoms with Gasteiger partial charge in [-0.05, 0) is 81.6 Å². The van der Waals surface area contributed by atoms with Gasteiger partial charge in [0.15, 0.2) is 0 Å². The van der Waals surface area contributed by atoms with Crippen LogP contribution in [0.25, 0.3) is 0 Å². The van der Waals surface area contributed by atoms with Gasteiger partial charge in [-0.3, -0.25) is 0 Å². The Kier molecular flexibility index (Phi) is 7.36. The minimum Gasteiger partial charge on any atom is -0.508 e. The van der Waals surface area contributed by atoms with Crippen molar-refractivity contribution >= 4 is 77.0 Å². The Morgan fingerprint density at radius 2 is 1.47 bits per heavy atom. The number of phenolic OH excluding ortho intramolecular Hbond substituents is 1. The number of halogens is 4. The molecule has 0 aliphatic heterocycles. The van der Waals surface area contributed by atoms with Crippen molar-refractivity contribution in [1.29, 1.82) is 0 Å². The maximum Gasteiger partial charge on any atom is 0.117 e. The summed E-state index contributed by atoms with van der Waals surface area (Å²) in [7, 11) is 0. The highest BCUT2D eigenvalue weighted by Gasteiger charge is 1.92. The summed E-state index contributed by atoms with van der Waals surface area (Å²) in [5.41, 5.74) is 0. The second-order valence-corrected chi connectivity index (χ2v) is 7.39. The van der Waals surface area contributed by atoms with E-state index in [-0.39, 0.29) is 0 Å². The number of aromatic hydroxyl groups is 1. The molecule has 0 spiro atoms. The average Bonchev–Trinajstić information content (AvgIpc) is 2.15. The summed E-state index contributed by atoms with van der Waals surface area (Å²) in [5.74, 6) is 0.300. The molecule has 0 radical (unpaired) electrons. The zero-order valence-corrected chi connectivity index (χ0v) is 16.0. The topological polar surface area (TPSA) is 20.2 Å². The van der Waals surface area contributed by atoms with Gasteiger partial charge in [-0.25, -0.2) is 0 Å². The summed E-state index contributed by atoms with van der Waals surface area (Å²) >= 11 is 11.0. The van der Waals surface area contributed by atoms with E-state index in [9.17, 15) is 0 Å². The highest BCUT2D eigenvalue weighted by molar-refractivity contribution is 14.1. The fourth-order valence-electron chi connectivity index (χ4n) is 0.999. The molecule has 0 amide bonds. The van der Waals surface area contributed by atoms with Gasteiger partial charge in [-0.2, -0.15) is 0 Å². The quantitative estimate of drug-likeness (QED) is 0.389. The Bertz CT molecular complexity index is 436. The van der Waals surface area contributed by atoms with E-state index in [1.807, 2.05) is 18.2 Å². The second-order valence-electron chi connectivity index (χ2n) is 3.07. The fourth-order valence-corrected chi connectivity index (χ4v) is 3.93. The van der Waals surface area contributed by atoms with Crippen LogP contribution in [0.15, 0.2) is 51.4 Å². The van der Waals surface area contributed by atoms with Crippen LogP contribution in [-0.4, -0.2) is 5.11 Å². The van der Waals surface area contributed by atoms with Crippen molar-refractivity contribution in [2.24, 2.45) is 0 Å². The highest BCUT2D eigenvalue weighted by Crippen LogP contribution is 2.20. The molecule has 2 aromatic rings. The van der Waals surface area contributed by atoms with Crippen molar-refractivity contribution in [2.75, 3.05) is 0 Å². The van der Waals surface area contributed by atoms with Gasteiger partial charge in [0, 0.05) is 16.1 Å². The molecular weight excluding hydrogens is 574 g/mol. The lowest BCUT2D eigenvalue weighted by atomic mass is 10.3. The third-order valence-electron chi connectivity index (χ3n) is 1.63. The Morgan fingerprint density at radius 1 is 0.824 bits per heavy atom. The molecule has 0 heterocycles. The lowest BCUT2D eigenvalue weighted by Crippen LogP contribution is -1.70. The molecule has 0 fully saturated rings. The predicted octanol–water partition coefficient (Wildman–Crippen LogP) is 5.81. The van der Waals surface area contributed by atoms with Crippen molar-refractivity contribution < 1.29 is 5.11 Å². The van der Waals surface area contributed by atoms with Crippen LogP contribution in [0.4, 0.5) is 0 Å². The largest absolute Gasteiger partial charge is 0.508 e. The molecule has 0 saturated carbocycles. The molecule has 0 aromatic heterocycles. The van der Waals surface area contributed by atoms with E-state index in [1.54, 1.807) is 12.1 Å². The van der Waals surface area contributed by atoms with E-state index in [0.29, 0.717) is 5.75 Å². The lowest BCUT2D eigenvalue weighted by molar-refractivity contribution is 0.474. The highest BCUT2D eigenvalue weighted by atomic mass is 127. The molecule has 0 bridgehead atoms. The molecule has 0 aliphatic rings. The standard InChI is InChI=1S/C6H4BrIO.C6H4BrI/c7-4-1-5(8)3-6(9)2-4;7-5-2-1-3-6(8)4-5/h1-3,9H;1-4H. The summed E-state index contributed by atoms with van der Waals surface area (Å²) in [6.45, 7) is 0. The van der Waals surface area contributed by atoms with Gasteiger partial charge >= 0.3 is 0 Å². The van der Waals surface area contributed by atoms with Crippen LogP contribution in [0.5, 0.6) is 5.75 Å². The Hall–Kier alpha value is 0.660. The molecule has 0 aliphatic carbocycles. The van der Waals surface area contributed by atoms with E-state index in [4.69, 9.17) is 5.11 Å². The maximum absolute atomic E-state index is 8.96. The van der Waals surface area contributed by atoms with Crippen LogP contribution >= 0.6 is 77.0 Å². The van der Waals surface area contributed by atoms with Gasteiger partial charge in [0.2, 0.25) is 0 Å². The predicted molar refractivity (Wildman–Crippen MR) is 95.4 cm³/mol. The zero-order chi connectivity index (χ0) is 12.8. The first-order chi connectivity index (χ1) is 7.97. The first-order valence-corrected chi connectivity index (χ1v) is 8.28. The summed E-state index contributed by atoms with van der Waals surface area (Å²) in [6, 6.07) is 13.5. The zero-order valence-electron chi connectivity index (χ0n) is 8.50. The summed E-state index contributed by atoms with van der Waals surface area (Å²) in [4.78, 5) is 0. The Labute approximate surface area is 145 Å². The number of hydrogen-bond acceptors (Lipinski definition) is 1. The molecular formula is C12H8Br2I2O. The molecule has 0 unspecified atom stereocenters. The fraction of sp³-hybridized carbons (Fsp3) is 0. The smallest absolute Gasteiger partial charge is 0.117 e. The minimum absolute atomic E-state index is 0.300. The van der Waals surface area contributed by atoms with Crippen molar-refractivity contribution in [3.8, 4) is 5.75 Å². The normalized spacial score (nSPS) is 9.41. The van der Waals surface area contributed by atoms with E-state index in [2.05, 4.69) is 89.2 Å². The first kappa shape index (κ1) is 15.7. The molecule has 2 rings (SSSR count). The SMILES string of the molecule is Brc1cccc(I)c1.Oc1cc(Br)cc(I)c1. The number of rotatable bonds is 0. The van der Waals surface area contributed by atoms with Gasteiger partial charge in [-0.1, -0.05) is 37.9 Å². The number of hydrogen-bond donors (Lipinski definition) is 1. The van der Waals surface area contributed by atoms with Crippen LogP contribution in [0.3, 0.4) is 0 Å². The third kappa shape index (κ3) is 6.97. The summed E-state index contributed by atoms with van der Waals surface area (Å²) in [5, 5.41) is 8.96. The van der Waals surface area contributed by atoms with Gasteiger partial charge in [0.25, 0.3) is 0 Å². The van der Waals surface area contributed by atoms with E-state index < -0.39 is 0 Å². The van der Waals surface area contributed by atoms with E-state index >= 15 is 0 Å².